The van der Waals surface area contributed by atoms with Gasteiger partial charge in [-0.1, -0.05) is 13.3 Å². The summed E-state index contributed by atoms with van der Waals surface area (Å²) in [7, 11) is 0. The van der Waals surface area contributed by atoms with Gasteiger partial charge >= 0.3 is 0 Å². The van der Waals surface area contributed by atoms with E-state index in [0.29, 0.717) is 12.1 Å². The monoisotopic (exact) mass is 224 g/mol. The highest BCUT2D eigenvalue weighted by atomic mass is 16.5. The van der Waals surface area contributed by atoms with Crippen molar-refractivity contribution in [2.24, 2.45) is 5.41 Å². The van der Waals surface area contributed by atoms with Gasteiger partial charge in [0, 0.05) is 19.2 Å². The van der Waals surface area contributed by atoms with E-state index in [4.69, 9.17) is 10.00 Å². The van der Waals surface area contributed by atoms with Crippen LogP contribution >= 0.6 is 0 Å². The number of rotatable bonds is 5. The summed E-state index contributed by atoms with van der Waals surface area (Å²) in [5.41, 5.74) is -0.265. The SMILES string of the molecule is CCCC1CC(NCC(C)(C)C#N)CCO1. The van der Waals surface area contributed by atoms with Crippen molar-refractivity contribution in [1.29, 1.82) is 5.26 Å². The fourth-order valence-corrected chi connectivity index (χ4v) is 2.03. The van der Waals surface area contributed by atoms with Crippen LogP contribution in [0.2, 0.25) is 0 Å². The quantitative estimate of drug-likeness (QED) is 0.780. The molecule has 1 N–H and O–H groups in total. The van der Waals surface area contributed by atoms with Crippen LogP contribution in [-0.2, 0) is 4.74 Å². The first-order valence-corrected chi connectivity index (χ1v) is 6.33. The van der Waals surface area contributed by atoms with Crippen molar-refractivity contribution in [3.63, 3.8) is 0 Å². The van der Waals surface area contributed by atoms with Crippen molar-refractivity contribution < 1.29 is 4.74 Å². The number of nitriles is 1. The molecule has 1 rings (SSSR count). The highest BCUT2D eigenvalue weighted by Crippen LogP contribution is 2.19. The largest absolute Gasteiger partial charge is 0.378 e. The molecular weight excluding hydrogens is 200 g/mol. The van der Waals surface area contributed by atoms with Gasteiger partial charge in [-0.25, -0.2) is 0 Å². The number of hydrogen-bond donors (Lipinski definition) is 1. The Hall–Kier alpha value is -0.590. The second-order valence-electron chi connectivity index (χ2n) is 5.38. The molecule has 1 aliphatic heterocycles. The lowest BCUT2D eigenvalue weighted by Gasteiger charge is -2.31. The van der Waals surface area contributed by atoms with Crippen molar-refractivity contribution in [1.82, 2.24) is 5.32 Å². The topological polar surface area (TPSA) is 45.0 Å². The zero-order valence-corrected chi connectivity index (χ0v) is 10.8. The molecule has 16 heavy (non-hydrogen) atoms. The van der Waals surface area contributed by atoms with Crippen molar-refractivity contribution in [3.05, 3.63) is 0 Å². The maximum Gasteiger partial charge on any atom is 0.0697 e. The van der Waals surface area contributed by atoms with Gasteiger partial charge in [-0.3, -0.25) is 0 Å². The van der Waals surface area contributed by atoms with E-state index in [-0.39, 0.29) is 5.41 Å². The summed E-state index contributed by atoms with van der Waals surface area (Å²) in [4.78, 5) is 0. The standard InChI is InChI=1S/C13H24N2O/c1-4-5-12-8-11(6-7-16-12)15-10-13(2,3)9-14/h11-12,15H,4-8,10H2,1-3H3. The Kier molecular flexibility index (Phi) is 5.24. The molecule has 0 spiro atoms. The minimum Gasteiger partial charge on any atom is -0.378 e. The second kappa shape index (κ2) is 6.22. The molecule has 0 saturated carbocycles. The van der Waals surface area contributed by atoms with E-state index in [1.165, 1.54) is 6.42 Å². The van der Waals surface area contributed by atoms with E-state index in [2.05, 4.69) is 18.3 Å². The molecule has 0 amide bonds. The van der Waals surface area contributed by atoms with Crippen molar-refractivity contribution in [3.8, 4) is 6.07 Å². The summed E-state index contributed by atoms with van der Waals surface area (Å²) in [6.45, 7) is 7.77. The molecule has 1 aliphatic rings. The normalized spacial score (nSPS) is 26.4. The first kappa shape index (κ1) is 13.5. The van der Waals surface area contributed by atoms with Crippen molar-refractivity contribution >= 4 is 0 Å². The van der Waals surface area contributed by atoms with E-state index in [0.717, 1.165) is 32.4 Å². The minimum atomic E-state index is -0.265. The Morgan fingerprint density at radius 1 is 1.50 bits per heavy atom. The van der Waals surface area contributed by atoms with Crippen LogP contribution in [0.4, 0.5) is 0 Å². The zero-order chi connectivity index (χ0) is 12.0. The smallest absolute Gasteiger partial charge is 0.0697 e. The maximum absolute atomic E-state index is 8.95. The van der Waals surface area contributed by atoms with E-state index in [1.807, 2.05) is 13.8 Å². The minimum absolute atomic E-state index is 0.265. The third-order valence-electron chi connectivity index (χ3n) is 3.11. The van der Waals surface area contributed by atoms with Gasteiger partial charge in [-0.2, -0.15) is 5.26 Å². The second-order valence-corrected chi connectivity index (χ2v) is 5.38. The molecule has 1 fully saturated rings. The van der Waals surface area contributed by atoms with Crippen LogP contribution in [0.25, 0.3) is 0 Å². The first-order valence-electron chi connectivity index (χ1n) is 6.33. The predicted octanol–water partition coefficient (Wildman–Crippen LogP) is 2.47. The molecule has 1 saturated heterocycles. The molecule has 92 valence electrons. The lowest BCUT2D eigenvalue weighted by Crippen LogP contribution is -2.42. The molecular formula is C13H24N2O. The third-order valence-corrected chi connectivity index (χ3v) is 3.11. The van der Waals surface area contributed by atoms with Gasteiger partial charge in [0.25, 0.3) is 0 Å². The van der Waals surface area contributed by atoms with Crippen molar-refractivity contribution in [2.75, 3.05) is 13.2 Å². The Balaban J connectivity index is 2.30. The number of ether oxygens (including phenoxy) is 1. The molecule has 2 atom stereocenters. The summed E-state index contributed by atoms with van der Waals surface area (Å²) >= 11 is 0. The van der Waals surface area contributed by atoms with Crippen LogP contribution in [0.5, 0.6) is 0 Å². The zero-order valence-electron chi connectivity index (χ0n) is 10.8. The highest BCUT2D eigenvalue weighted by Gasteiger charge is 2.24. The first-order chi connectivity index (χ1) is 7.57. The maximum atomic E-state index is 8.95. The molecule has 0 aromatic rings. The average Bonchev–Trinajstić information content (AvgIpc) is 2.28. The molecule has 0 bridgehead atoms. The van der Waals surface area contributed by atoms with E-state index in [9.17, 15) is 0 Å². The summed E-state index contributed by atoms with van der Waals surface area (Å²) in [5, 5.41) is 12.4. The molecule has 0 aliphatic carbocycles. The molecule has 0 radical (unpaired) electrons. The van der Waals surface area contributed by atoms with Crippen LogP contribution in [0.3, 0.4) is 0 Å². The lowest BCUT2D eigenvalue weighted by molar-refractivity contribution is -0.00397. The van der Waals surface area contributed by atoms with Gasteiger partial charge in [-0.05, 0) is 33.1 Å². The van der Waals surface area contributed by atoms with E-state index >= 15 is 0 Å². The Morgan fingerprint density at radius 3 is 2.88 bits per heavy atom. The van der Waals surface area contributed by atoms with Crippen LogP contribution in [-0.4, -0.2) is 25.3 Å². The molecule has 2 unspecified atom stereocenters. The Bertz CT molecular complexity index is 243. The number of nitrogens with one attached hydrogen (secondary N) is 1. The van der Waals surface area contributed by atoms with Gasteiger partial charge in [0.1, 0.15) is 0 Å². The van der Waals surface area contributed by atoms with Crippen LogP contribution in [0.1, 0.15) is 46.5 Å². The summed E-state index contributed by atoms with van der Waals surface area (Å²) in [6.07, 6.45) is 4.92. The highest BCUT2D eigenvalue weighted by molar-refractivity contribution is 4.94. The van der Waals surface area contributed by atoms with Crippen LogP contribution in [0, 0.1) is 16.7 Å². The molecule has 0 aromatic heterocycles. The lowest BCUT2D eigenvalue weighted by atomic mass is 9.94. The summed E-state index contributed by atoms with van der Waals surface area (Å²) in [5.74, 6) is 0. The van der Waals surface area contributed by atoms with Crippen LogP contribution in [0.15, 0.2) is 0 Å². The fraction of sp³-hybridized carbons (Fsp3) is 0.923. The summed E-state index contributed by atoms with van der Waals surface area (Å²) in [6, 6.07) is 2.85. The van der Waals surface area contributed by atoms with Crippen molar-refractivity contribution in [2.45, 2.75) is 58.6 Å². The average molecular weight is 224 g/mol. The Labute approximate surface area is 99.2 Å². The van der Waals surface area contributed by atoms with Gasteiger partial charge in [0.2, 0.25) is 0 Å². The molecule has 3 nitrogen and oxygen atoms in total. The van der Waals surface area contributed by atoms with Gasteiger partial charge in [0.05, 0.1) is 17.6 Å². The molecule has 3 heteroatoms. The fourth-order valence-electron chi connectivity index (χ4n) is 2.03. The van der Waals surface area contributed by atoms with Gasteiger partial charge in [-0.15, -0.1) is 0 Å². The van der Waals surface area contributed by atoms with Gasteiger partial charge < -0.3 is 10.1 Å². The van der Waals surface area contributed by atoms with E-state index in [1.54, 1.807) is 0 Å². The number of nitrogens with zero attached hydrogens (tertiary/aromatic N) is 1. The van der Waals surface area contributed by atoms with Gasteiger partial charge in [0.15, 0.2) is 0 Å². The number of hydrogen-bond acceptors (Lipinski definition) is 3. The molecule has 0 aromatic carbocycles. The predicted molar refractivity (Wildman–Crippen MR) is 65.1 cm³/mol. The van der Waals surface area contributed by atoms with Crippen LogP contribution < -0.4 is 5.32 Å². The van der Waals surface area contributed by atoms with E-state index < -0.39 is 0 Å². The molecule has 1 heterocycles. The summed E-state index contributed by atoms with van der Waals surface area (Å²) < 4.78 is 5.70. The third kappa shape index (κ3) is 4.51. The Morgan fingerprint density at radius 2 is 2.25 bits per heavy atom.